The third-order valence-corrected chi connectivity index (χ3v) is 5.48. The number of fused-ring (bicyclic) bond motifs is 1. The molecule has 0 atom stereocenters. The molecule has 7 nitrogen and oxygen atoms in total. The number of urea groups is 1. The van der Waals surface area contributed by atoms with Crippen molar-refractivity contribution in [1.29, 1.82) is 0 Å². The van der Waals surface area contributed by atoms with E-state index < -0.39 is 0 Å². The number of halogens is 1. The summed E-state index contributed by atoms with van der Waals surface area (Å²) in [5, 5.41) is 9.27. The van der Waals surface area contributed by atoms with E-state index in [9.17, 15) is 9.59 Å². The number of amides is 3. The standard InChI is InChI=1S/C21H30ClN3O4/c22-17-13-15(14-18-20(17)29-12-11-28-18)8-10-23-19(26)7-4-9-24-21(27)25-16-5-2-1-3-6-16/h13-14,16H,1-12H2,(H,23,26)(H2,24,25,27). The molecule has 8 heteroatoms. The van der Waals surface area contributed by atoms with Crippen LogP contribution in [0.5, 0.6) is 11.5 Å². The minimum Gasteiger partial charge on any atom is -0.486 e. The van der Waals surface area contributed by atoms with E-state index in [2.05, 4.69) is 16.0 Å². The van der Waals surface area contributed by atoms with Gasteiger partial charge >= 0.3 is 6.03 Å². The Labute approximate surface area is 176 Å². The molecular weight excluding hydrogens is 394 g/mol. The summed E-state index contributed by atoms with van der Waals surface area (Å²) >= 11 is 6.23. The van der Waals surface area contributed by atoms with Gasteiger partial charge in [0.1, 0.15) is 13.2 Å². The van der Waals surface area contributed by atoms with Gasteiger partial charge in [0.15, 0.2) is 11.5 Å². The molecule has 3 N–H and O–H groups in total. The number of carbonyl (C=O) groups is 2. The molecule has 1 aromatic carbocycles. The Morgan fingerprint density at radius 2 is 1.83 bits per heavy atom. The highest BCUT2D eigenvalue weighted by Gasteiger charge is 2.17. The summed E-state index contributed by atoms with van der Waals surface area (Å²) in [5.74, 6) is 1.22. The van der Waals surface area contributed by atoms with Crippen molar-refractivity contribution >= 4 is 23.5 Å². The topological polar surface area (TPSA) is 88.7 Å². The zero-order valence-corrected chi connectivity index (χ0v) is 17.5. The number of ether oxygens (including phenoxy) is 2. The minimum absolute atomic E-state index is 0.0249. The fourth-order valence-corrected chi connectivity index (χ4v) is 3.97. The van der Waals surface area contributed by atoms with Gasteiger partial charge in [-0.1, -0.05) is 30.9 Å². The third kappa shape index (κ3) is 6.99. The normalized spacial score (nSPS) is 16.2. The molecule has 3 amide bonds. The summed E-state index contributed by atoms with van der Waals surface area (Å²) in [6.07, 6.45) is 7.40. The van der Waals surface area contributed by atoms with Gasteiger partial charge < -0.3 is 25.4 Å². The Hall–Kier alpha value is -2.15. The van der Waals surface area contributed by atoms with Crippen LogP contribution in [0.15, 0.2) is 12.1 Å². The van der Waals surface area contributed by atoms with E-state index in [4.69, 9.17) is 21.1 Å². The summed E-state index contributed by atoms with van der Waals surface area (Å²) in [6.45, 7) is 2.02. The van der Waals surface area contributed by atoms with Gasteiger partial charge in [0.25, 0.3) is 0 Å². The molecule has 1 heterocycles. The van der Waals surface area contributed by atoms with Gasteiger partial charge in [0, 0.05) is 25.6 Å². The van der Waals surface area contributed by atoms with Crippen LogP contribution in [0.1, 0.15) is 50.5 Å². The molecule has 2 aliphatic rings. The Balaban J connectivity index is 1.27. The quantitative estimate of drug-likeness (QED) is 0.560. The lowest BCUT2D eigenvalue weighted by Crippen LogP contribution is -2.43. The largest absolute Gasteiger partial charge is 0.486 e. The van der Waals surface area contributed by atoms with Crippen LogP contribution in [0, 0.1) is 0 Å². The second-order valence-electron chi connectivity index (χ2n) is 7.54. The predicted molar refractivity (Wildman–Crippen MR) is 112 cm³/mol. The van der Waals surface area contributed by atoms with E-state index in [1.165, 1.54) is 19.3 Å². The van der Waals surface area contributed by atoms with Gasteiger partial charge in [-0.25, -0.2) is 4.79 Å². The molecule has 160 valence electrons. The molecule has 0 unspecified atom stereocenters. The summed E-state index contributed by atoms with van der Waals surface area (Å²) in [6, 6.07) is 3.91. The first-order chi connectivity index (χ1) is 14.1. The zero-order valence-electron chi connectivity index (χ0n) is 16.7. The fourth-order valence-electron chi connectivity index (χ4n) is 3.68. The number of benzene rings is 1. The van der Waals surface area contributed by atoms with Crippen LogP contribution in [0.2, 0.25) is 5.02 Å². The average molecular weight is 424 g/mol. The lowest BCUT2D eigenvalue weighted by atomic mass is 9.96. The molecule has 0 saturated heterocycles. The molecule has 3 rings (SSSR count). The van der Waals surface area contributed by atoms with Gasteiger partial charge in [-0.3, -0.25) is 4.79 Å². The van der Waals surface area contributed by atoms with Crippen molar-refractivity contribution in [2.75, 3.05) is 26.3 Å². The van der Waals surface area contributed by atoms with Crippen molar-refractivity contribution in [2.24, 2.45) is 0 Å². The SMILES string of the molecule is O=C(CCCNC(=O)NC1CCCCC1)NCCc1cc(Cl)c2c(c1)OCCO2. The number of hydrogen-bond acceptors (Lipinski definition) is 4. The van der Waals surface area contributed by atoms with Crippen molar-refractivity contribution in [3.8, 4) is 11.5 Å². The van der Waals surface area contributed by atoms with Crippen LogP contribution < -0.4 is 25.4 Å². The Morgan fingerprint density at radius 1 is 1.03 bits per heavy atom. The van der Waals surface area contributed by atoms with Gasteiger partial charge in [0.05, 0.1) is 5.02 Å². The molecule has 0 radical (unpaired) electrons. The molecule has 1 aliphatic carbocycles. The van der Waals surface area contributed by atoms with Crippen LogP contribution in [0.4, 0.5) is 4.79 Å². The first-order valence-corrected chi connectivity index (χ1v) is 10.9. The molecule has 1 saturated carbocycles. The molecule has 0 spiro atoms. The maximum atomic E-state index is 12.0. The van der Waals surface area contributed by atoms with Crippen molar-refractivity contribution in [3.63, 3.8) is 0 Å². The maximum Gasteiger partial charge on any atom is 0.315 e. The van der Waals surface area contributed by atoms with E-state index in [0.717, 1.165) is 18.4 Å². The van der Waals surface area contributed by atoms with Gasteiger partial charge in [-0.15, -0.1) is 0 Å². The Bertz CT molecular complexity index is 707. The second-order valence-corrected chi connectivity index (χ2v) is 7.95. The van der Waals surface area contributed by atoms with E-state index in [-0.39, 0.29) is 11.9 Å². The number of rotatable bonds is 8. The van der Waals surface area contributed by atoms with Crippen molar-refractivity contribution < 1.29 is 19.1 Å². The van der Waals surface area contributed by atoms with Crippen molar-refractivity contribution in [1.82, 2.24) is 16.0 Å². The summed E-state index contributed by atoms with van der Waals surface area (Å²) in [5.41, 5.74) is 0.987. The lowest BCUT2D eigenvalue weighted by Gasteiger charge is -2.22. The van der Waals surface area contributed by atoms with Crippen molar-refractivity contribution in [3.05, 3.63) is 22.7 Å². The lowest BCUT2D eigenvalue weighted by molar-refractivity contribution is -0.121. The van der Waals surface area contributed by atoms with Crippen LogP contribution >= 0.6 is 11.6 Å². The Morgan fingerprint density at radius 3 is 2.66 bits per heavy atom. The fraction of sp³-hybridized carbons (Fsp3) is 0.619. The third-order valence-electron chi connectivity index (χ3n) is 5.20. The minimum atomic E-state index is -0.132. The summed E-state index contributed by atoms with van der Waals surface area (Å²) in [7, 11) is 0. The molecule has 29 heavy (non-hydrogen) atoms. The van der Waals surface area contributed by atoms with Gasteiger partial charge in [-0.05, 0) is 43.4 Å². The molecule has 0 bridgehead atoms. The van der Waals surface area contributed by atoms with Gasteiger partial charge in [-0.2, -0.15) is 0 Å². The first-order valence-electron chi connectivity index (χ1n) is 10.5. The first kappa shape index (κ1) is 21.6. The second kappa shape index (κ2) is 11.1. The molecular formula is C21H30ClN3O4. The summed E-state index contributed by atoms with van der Waals surface area (Å²) in [4.78, 5) is 23.8. The summed E-state index contributed by atoms with van der Waals surface area (Å²) < 4.78 is 11.1. The van der Waals surface area contributed by atoms with E-state index in [1.54, 1.807) is 0 Å². The number of carbonyl (C=O) groups excluding carboxylic acids is 2. The predicted octanol–water partition coefficient (Wildman–Crippen LogP) is 3.18. The Kier molecular flexibility index (Phi) is 8.28. The van der Waals surface area contributed by atoms with Crippen LogP contribution in [-0.2, 0) is 11.2 Å². The van der Waals surface area contributed by atoms with Crippen LogP contribution in [0.25, 0.3) is 0 Å². The maximum absolute atomic E-state index is 12.0. The smallest absolute Gasteiger partial charge is 0.315 e. The van der Waals surface area contributed by atoms with Crippen LogP contribution in [-0.4, -0.2) is 44.3 Å². The van der Waals surface area contributed by atoms with E-state index in [0.29, 0.717) is 68.1 Å². The number of nitrogens with one attached hydrogen (secondary N) is 3. The molecule has 1 fully saturated rings. The van der Waals surface area contributed by atoms with E-state index >= 15 is 0 Å². The zero-order chi connectivity index (χ0) is 20.5. The number of hydrogen-bond donors (Lipinski definition) is 3. The highest BCUT2D eigenvalue weighted by molar-refractivity contribution is 6.32. The van der Waals surface area contributed by atoms with Crippen molar-refractivity contribution in [2.45, 2.75) is 57.4 Å². The van der Waals surface area contributed by atoms with E-state index in [1.807, 2.05) is 12.1 Å². The monoisotopic (exact) mass is 423 g/mol. The van der Waals surface area contributed by atoms with Gasteiger partial charge in [0.2, 0.25) is 5.91 Å². The highest BCUT2D eigenvalue weighted by Crippen LogP contribution is 2.38. The molecule has 1 aliphatic heterocycles. The molecule has 0 aromatic heterocycles. The van der Waals surface area contributed by atoms with Crippen LogP contribution in [0.3, 0.4) is 0 Å². The average Bonchev–Trinajstić information content (AvgIpc) is 2.72. The highest BCUT2D eigenvalue weighted by atomic mass is 35.5. The molecule has 1 aromatic rings.